The third-order valence-corrected chi connectivity index (χ3v) is 4.34. The third kappa shape index (κ3) is 5.40. The number of nitrogens with zero attached hydrogens (tertiary/aromatic N) is 1. The van der Waals surface area contributed by atoms with E-state index < -0.39 is 32.9 Å². The van der Waals surface area contributed by atoms with Gasteiger partial charge in [0, 0.05) is 12.0 Å². The van der Waals surface area contributed by atoms with Crippen LogP contribution in [0.3, 0.4) is 0 Å². The first kappa shape index (κ1) is 20.3. The molecule has 0 unspecified atom stereocenters. The first-order valence-corrected chi connectivity index (χ1v) is 9.01. The van der Waals surface area contributed by atoms with E-state index in [-0.39, 0.29) is 19.0 Å². The summed E-state index contributed by atoms with van der Waals surface area (Å²) in [5.41, 5.74) is -2.19. The van der Waals surface area contributed by atoms with Crippen LogP contribution in [0.1, 0.15) is 26.3 Å². The molecular weight excluding hydrogens is 345 g/mol. The number of rotatable bonds is 5. The highest BCUT2D eigenvalue weighted by Crippen LogP contribution is 2.37. The Hall–Kier alpha value is -1.77. The molecule has 1 N–H and O–H groups in total. The monoisotopic (exact) mass is 366 g/mol. The van der Waals surface area contributed by atoms with Crippen LogP contribution in [0.4, 0.5) is 18.9 Å². The molecule has 136 valence electrons. The van der Waals surface area contributed by atoms with E-state index in [1.807, 2.05) is 0 Å². The lowest BCUT2D eigenvalue weighted by molar-refractivity contribution is -0.137. The number of benzene rings is 1. The van der Waals surface area contributed by atoms with Crippen molar-refractivity contribution >= 4 is 21.6 Å². The summed E-state index contributed by atoms with van der Waals surface area (Å²) >= 11 is 0. The minimum atomic E-state index is -4.69. The van der Waals surface area contributed by atoms with Crippen LogP contribution in [-0.4, -0.2) is 33.7 Å². The average molecular weight is 366 g/mol. The van der Waals surface area contributed by atoms with E-state index >= 15 is 0 Å². The second kappa shape index (κ2) is 7.00. The van der Waals surface area contributed by atoms with Crippen LogP contribution in [-0.2, 0) is 21.0 Å². The molecule has 1 rings (SSSR count). The van der Waals surface area contributed by atoms with Gasteiger partial charge in [-0.2, -0.15) is 13.2 Å². The van der Waals surface area contributed by atoms with Crippen LogP contribution in [0, 0.1) is 5.41 Å². The number of amides is 1. The standard InChI is InChI=1S/C15H21F3N2O3S/c1-14(2,3)13(21)19-9-10-20(24(4,22)23)12-8-6-5-7-11(12)15(16,17)18/h5-8H,9-10H2,1-4H3,(H,19,21). The summed E-state index contributed by atoms with van der Waals surface area (Å²) in [6, 6.07) is 4.43. The van der Waals surface area contributed by atoms with E-state index in [0.717, 1.165) is 18.4 Å². The van der Waals surface area contributed by atoms with Gasteiger partial charge in [-0.05, 0) is 12.1 Å². The van der Waals surface area contributed by atoms with Crippen molar-refractivity contribution < 1.29 is 26.4 Å². The van der Waals surface area contributed by atoms with Gasteiger partial charge in [0.05, 0.1) is 24.1 Å². The Morgan fingerprint density at radius 3 is 2.17 bits per heavy atom. The number of para-hydroxylation sites is 1. The zero-order chi connectivity index (χ0) is 18.8. The number of alkyl halides is 3. The van der Waals surface area contributed by atoms with Gasteiger partial charge in [0.25, 0.3) is 0 Å². The van der Waals surface area contributed by atoms with E-state index in [2.05, 4.69) is 5.32 Å². The van der Waals surface area contributed by atoms with E-state index in [0.29, 0.717) is 4.31 Å². The lowest BCUT2D eigenvalue weighted by atomic mass is 9.96. The lowest BCUT2D eigenvalue weighted by Gasteiger charge is -2.26. The molecule has 0 spiro atoms. The largest absolute Gasteiger partial charge is 0.418 e. The van der Waals surface area contributed by atoms with Crippen molar-refractivity contribution in [3.63, 3.8) is 0 Å². The van der Waals surface area contributed by atoms with Crippen LogP contribution in [0.5, 0.6) is 0 Å². The Morgan fingerprint density at radius 2 is 1.71 bits per heavy atom. The summed E-state index contributed by atoms with van der Waals surface area (Å²) in [7, 11) is -3.95. The summed E-state index contributed by atoms with van der Waals surface area (Å²) < 4.78 is 63.8. The molecule has 0 aliphatic rings. The number of anilines is 1. The number of carbonyl (C=O) groups excluding carboxylic acids is 1. The summed E-state index contributed by atoms with van der Waals surface area (Å²) in [5.74, 6) is -0.319. The molecule has 9 heteroatoms. The first-order valence-electron chi connectivity index (χ1n) is 7.17. The fourth-order valence-corrected chi connectivity index (χ4v) is 2.87. The molecule has 5 nitrogen and oxygen atoms in total. The molecule has 0 bridgehead atoms. The Bertz CT molecular complexity index is 695. The van der Waals surface area contributed by atoms with Gasteiger partial charge >= 0.3 is 6.18 Å². The summed E-state index contributed by atoms with van der Waals surface area (Å²) in [4.78, 5) is 11.8. The molecule has 0 aromatic heterocycles. The summed E-state index contributed by atoms with van der Waals surface area (Å²) in [6.07, 6.45) is -3.86. The minimum Gasteiger partial charge on any atom is -0.354 e. The Balaban J connectivity index is 3.08. The summed E-state index contributed by atoms with van der Waals surface area (Å²) in [5, 5.41) is 2.53. The van der Waals surface area contributed by atoms with Crippen molar-refractivity contribution in [1.82, 2.24) is 5.32 Å². The summed E-state index contributed by atoms with van der Waals surface area (Å²) in [6.45, 7) is 4.63. The molecule has 0 radical (unpaired) electrons. The Labute approximate surface area is 139 Å². The predicted octanol–water partition coefficient (Wildman–Crippen LogP) is 2.63. The minimum absolute atomic E-state index is 0.102. The molecule has 0 saturated carbocycles. The first-order chi connectivity index (χ1) is 10.7. The Morgan fingerprint density at radius 1 is 1.17 bits per heavy atom. The van der Waals surface area contributed by atoms with Crippen molar-refractivity contribution in [2.24, 2.45) is 5.41 Å². The molecule has 24 heavy (non-hydrogen) atoms. The van der Waals surface area contributed by atoms with Gasteiger partial charge in [0.15, 0.2) is 0 Å². The van der Waals surface area contributed by atoms with Gasteiger partial charge in [-0.3, -0.25) is 9.10 Å². The zero-order valence-electron chi connectivity index (χ0n) is 13.9. The maximum atomic E-state index is 13.1. The molecule has 1 aromatic rings. The zero-order valence-corrected chi connectivity index (χ0v) is 14.8. The van der Waals surface area contributed by atoms with E-state index in [4.69, 9.17) is 0 Å². The van der Waals surface area contributed by atoms with Crippen LogP contribution >= 0.6 is 0 Å². The predicted molar refractivity (Wildman–Crippen MR) is 86.1 cm³/mol. The normalized spacial score (nSPS) is 12.8. The number of hydrogen-bond donors (Lipinski definition) is 1. The number of halogens is 3. The highest BCUT2D eigenvalue weighted by molar-refractivity contribution is 7.92. The molecule has 0 heterocycles. The van der Waals surface area contributed by atoms with E-state index in [1.54, 1.807) is 20.8 Å². The fourth-order valence-electron chi connectivity index (χ4n) is 1.93. The van der Waals surface area contributed by atoms with Crippen LogP contribution in [0.25, 0.3) is 0 Å². The van der Waals surface area contributed by atoms with Crippen molar-refractivity contribution in [2.75, 3.05) is 23.7 Å². The Kier molecular flexibility index (Phi) is 5.91. The average Bonchev–Trinajstić information content (AvgIpc) is 2.40. The lowest BCUT2D eigenvalue weighted by Crippen LogP contribution is -2.42. The topological polar surface area (TPSA) is 66.5 Å². The van der Waals surface area contributed by atoms with E-state index in [9.17, 15) is 26.4 Å². The SMILES string of the molecule is CC(C)(C)C(=O)NCCN(c1ccccc1C(F)(F)F)S(C)(=O)=O. The van der Waals surface area contributed by atoms with Gasteiger partial charge in [-0.25, -0.2) is 8.42 Å². The maximum absolute atomic E-state index is 13.1. The van der Waals surface area contributed by atoms with Gasteiger partial charge in [0.2, 0.25) is 15.9 Å². The molecule has 0 saturated heterocycles. The molecule has 1 amide bonds. The van der Waals surface area contributed by atoms with Gasteiger partial charge in [0.1, 0.15) is 0 Å². The molecule has 0 fully saturated rings. The van der Waals surface area contributed by atoms with Crippen molar-refractivity contribution in [3.8, 4) is 0 Å². The fraction of sp³-hybridized carbons (Fsp3) is 0.533. The smallest absolute Gasteiger partial charge is 0.354 e. The molecule has 1 aromatic carbocycles. The quantitative estimate of drug-likeness (QED) is 0.871. The van der Waals surface area contributed by atoms with Gasteiger partial charge in [-0.15, -0.1) is 0 Å². The van der Waals surface area contributed by atoms with Crippen molar-refractivity contribution in [1.29, 1.82) is 0 Å². The van der Waals surface area contributed by atoms with Crippen LogP contribution in [0.15, 0.2) is 24.3 Å². The number of sulfonamides is 1. The van der Waals surface area contributed by atoms with Gasteiger partial charge < -0.3 is 5.32 Å². The number of nitrogens with one attached hydrogen (secondary N) is 1. The second-order valence-electron chi connectivity index (χ2n) is 6.36. The number of carbonyl (C=O) groups is 1. The highest BCUT2D eigenvalue weighted by atomic mass is 32.2. The molecular formula is C15H21F3N2O3S. The highest BCUT2D eigenvalue weighted by Gasteiger charge is 2.36. The molecule has 0 aliphatic carbocycles. The van der Waals surface area contributed by atoms with E-state index in [1.165, 1.54) is 12.1 Å². The molecule has 0 atom stereocenters. The maximum Gasteiger partial charge on any atom is 0.418 e. The molecule has 0 aliphatic heterocycles. The second-order valence-corrected chi connectivity index (χ2v) is 8.26. The van der Waals surface area contributed by atoms with Crippen LogP contribution < -0.4 is 9.62 Å². The third-order valence-electron chi connectivity index (χ3n) is 3.16. The van der Waals surface area contributed by atoms with Crippen molar-refractivity contribution in [3.05, 3.63) is 29.8 Å². The van der Waals surface area contributed by atoms with Crippen molar-refractivity contribution in [2.45, 2.75) is 26.9 Å². The van der Waals surface area contributed by atoms with Crippen LogP contribution in [0.2, 0.25) is 0 Å². The number of hydrogen-bond acceptors (Lipinski definition) is 3. The van der Waals surface area contributed by atoms with Gasteiger partial charge in [-0.1, -0.05) is 32.9 Å².